The molecule has 136 valence electrons. The van der Waals surface area contributed by atoms with Crippen LogP contribution < -0.4 is 10.3 Å². The molecule has 0 spiro atoms. The summed E-state index contributed by atoms with van der Waals surface area (Å²) >= 11 is 1.24. The molecule has 0 amide bonds. The molecule has 0 aliphatic rings. The van der Waals surface area contributed by atoms with Crippen molar-refractivity contribution >= 4 is 22.3 Å². The first-order chi connectivity index (χ1) is 12.5. The second-order valence-corrected chi connectivity index (χ2v) is 6.52. The number of methoxy groups -OCH3 is 1. The molecule has 3 rings (SSSR count). The number of fused-ring (bicyclic) bond motifs is 1. The van der Waals surface area contributed by atoms with Crippen molar-refractivity contribution in [3.8, 4) is 5.75 Å². The molecule has 26 heavy (non-hydrogen) atoms. The quantitative estimate of drug-likeness (QED) is 0.581. The fourth-order valence-electron chi connectivity index (χ4n) is 2.20. The number of nitrogens with zero attached hydrogens (tertiary/aromatic N) is 3. The highest BCUT2D eigenvalue weighted by Gasteiger charge is 2.11. The van der Waals surface area contributed by atoms with Crippen molar-refractivity contribution in [2.45, 2.75) is 20.1 Å². The maximum absolute atomic E-state index is 12.1. The minimum Gasteiger partial charge on any atom is -0.482 e. The molecule has 0 saturated carbocycles. The Morgan fingerprint density at radius 2 is 2.12 bits per heavy atom. The zero-order valence-corrected chi connectivity index (χ0v) is 15.1. The van der Waals surface area contributed by atoms with Crippen molar-refractivity contribution < 1.29 is 19.0 Å². The molecule has 0 N–H and O–H groups in total. The maximum Gasteiger partial charge on any atom is 0.344 e. The lowest BCUT2D eigenvalue weighted by molar-refractivity contribution is -0.147. The van der Waals surface area contributed by atoms with Crippen LogP contribution >= 0.6 is 11.3 Å². The van der Waals surface area contributed by atoms with Crippen LogP contribution in [0.15, 0.2) is 35.1 Å². The number of carbonyl (C=O) groups excluding carboxylic acids is 1. The van der Waals surface area contributed by atoms with E-state index >= 15 is 0 Å². The third-order valence-corrected chi connectivity index (χ3v) is 4.22. The molecule has 0 fully saturated rings. The second-order valence-electron chi connectivity index (χ2n) is 5.47. The maximum atomic E-state index is 12.1. The van der Waals surface area contributed by atoms with Crippen molar-refractivity contribution in [1.82, 2.24) is 14.6 Å². The average molecular weight is 375 g/mol. The fourth-order valence-corrected chi connectivity index (χ4v) is 3.09. The van der Waals surface area contributed by atoms with Crippen molar-refractivity contribution in [3.63, 3.8) is 0 Å². The monoisotopic (exact) mass is 375 g/mol. The molecule has 2 aromatic heterocycles. The lowest BCUT2D eigenvalue weighted by Gasteiger charge is -2.07. The van der Waals surface area contributed by atoms with Gasteiger partial charge in [-0.05, 0) is 24.6 Å². The highest BCUT2D eigenvalue weighted by atomic mass is 32.1. The van der Waals surface area contributed by atoms with Gasteiger partial charge >= 0.3 is 5.97 Å². The van der Waals surface area contributed by atoms with Gasteiger partial charge in [-0.3, -0.25) is 4.79 Å². The van der Waals surface area contributed by atoms with Gasteiger partial charge < -0.3 is 14.2 Å². The Labute approximate surface area is 153 Å². The fraction of sp³-hybridized carbons (Fsp3) is 0.294. The van der Waals surface area contributed by atoms with Crippen molar-refractivity contribution in [1.29, 1.82) is 0 Å². The minimum atomic E-state index is -0.544. The van der Waals surface area contributed by atoms with Crippen molar-refractivity contribution in [2.75, 3.05) is 13.7 Å². The van der Waals surface area contributed by atoms with Crippen molar-refractivity contribution in [2.24, 2.45) is 0 Å². The lowest BCUT2D eigenvalue weighted by Crippen LogP contribution is -2.18. The number of aromatic nitrogens is 3. The number of benzene rings is 1. The summed E-state index contributed by atoms with van der Waals surface area (Å²) in [5, 5.41) is 4.75. The van der Waals surface area contributed by atoms with Gasteiger partial charge in [0.05, 0.1) is 12.3 Å². The van der Waals surface area contributed by atoms with Gasteiger partial charge in [0.2, 0.25) is 4.96 Å². The van der Waals surface area contributed by atoms with Crippen LogP contribution in [-0.2, 0) is 27.5 Å². The molecular formula is C17H17N3O5S. The van der Waals surface area contributed by atoms with Crippen LogP contribution in [0.5, 0.6) is 5.75 Å². The highest BCUT2D eigenvalue weighted by molar-refractivity contribution is 7.16. The van der Waals surface area contributed by atoms with Gasteiger partial charge in [-0.1, -0.05) is 23.5 Å². The van der Waals surface area contributed by atoms with E-state index in [4.69, 9.17) is 14.2 Å². The van der Waals surface area contributed by atoms with Gasteiger partial charge in [0, 0.05) is 13.2 Å². The Bertz CT molecular complexity index is 982. The highest BCUT2D eigenvalue weighted by Crippen LogP contribution is 2.13. The summed E-state index contributed by atoms with van der Waals surface area (Å²) in [6, 6.07) is 8.65. The number of aryl methyl sites for hydroxylation is 1. The normalized spacial score (nSPS) is 10.8. The zero-order chi connectivity index (χ0) is 18.5. The third-order valence-electron chi connectivity index (χ3n) is 3.33. The summed E-state index contributed by atoms with van der Waals surface area (Å²) in [6.07, 6.45) is 0. The number of hydrogen-bond donors (Lipinski definition) is 0. The van der Waals surface area contributed by atoms with Crippen LogP contribution in [0.2, 0.25) is 0 Å². The van der Waals surface area contributed by atoms with Crippen LogP contribution in [0.3, 0.4) is 0 Å². The van der Waals surface area contributed by atoms with E-state index in [1.54, 1.807) is 13.2 Å². The Morgan fingerprint density at radius 1 is 1.27 bits per heavy atom. The molecule has 0 bridgehead atoms. The Kier molecular flexibility index (Phi) is 5.59. The molecule has 0 aliphatic heterocycles. The van der Waals surface area contributed by atoms with Gasteiger partial charge in [0.15, 0.2) is 6.61 Å². The largest absolute Gasteiger partial charge is 0.482 e. The first kappa shape index (κ1) is 18.0. The number of rotatable bonds is 7. The molecule has 0 saturated heterocycles. The summed E-state index contributed by atoms with van der Waals surface area (Å²) in [6.45, 7) is 1.90. The van der Waals surface area contributed by atoms with Gasteiger partial charge in [0.25, 0.3) is 5.56 Å². The van der Waals surface area contributed by atoms with Crippen LogP contribution in [0.1, 0.15) is 16.3 Å². The molecule has 3 aromatic rings. The molecule has 8 nitrogen and oxygen atoms in total. The first-order valence-electron chi connectivity index (χ1n) is 7.78. The average Bonchev–Trinajstić information content (AvgIpc) is 3.02. The molecule has 0 radical (unpaired) electrons. The standard InChI is InChI=1S/C17H17N3O5S/c1-11-4-3-5-13(6-11)24-10-16(22)25-8-12-7-15(21)20-17(18-12)26-14(19-20)9-23-2/h3-7H,8-10H2,1-2H3. The van der Waals surface area contributed by atoms with Crippen LogP contribution in [0.25, 0.3) is 4.96 Å². The molecule has 1 aromatic carbocycles. The number of carbonyl (C=O) groups is 1. The third kappa shape index (κ3) is 4.44. The van der Waals surface area contributed by atoms with E-state index in [9.17, 15) is 9.59 Å². The summed E-state index contributed by atoms with van der Waals surface area (Å²) < 4.78 is 16.7. The molecular weight excluding hydrogens is 358 g/mol. The predicted octanol–water partition coefficient (Wildman–Crippen LogP) is 1.73. The minimum absolute atomic E-state index is 0.112. The topological polar surface area (TPSA) is 92.0 Å². The summed E-state index contributed by atoms with van der Waals surface area (Å²) in [5.41, 5.74) is 1.05. The van der Waals surface area contributed by atoms with Crippen LogP contribution in [-0.4, -0.2) is 34.3 Å². The smallest absolute Gasteiger partial charge is 0.344 e. The van der Waals surface area contributed by atoms with Gasteiger partial charge in [-0.25, -0.2) is 9.78 Å². The Hall–Kier alpha value is -2.78. The number of hydrogen-bond acceptors (Lipinski definition) is 8. The van der Waals surface area contributed by atoms with E-state index in [1.165, 1.54) is 21.9 Å². The number of esters is 1. The van der Waals surface area contributed by atoms with Gasteiger partial charge in [0.1, 0.15) is 17.4 Å². The molecule has 9 heteroatoms. The lowest BCUT2D eigenvalue weighted by atomic mass is 10.2. The van der Waals surface area contributed by atoms with E-state index in [0.29, 0.717) is 28.0 Å². The van der Waals surface area contributed by atoms with Crippen molar-refractivity contribution in [3.05, 3.63) is 57.0 Å². The summed E-state index contributed by atoms with van der Waals surface area (Å²) in [4.78, 5) is 28.6. The predicted molar refractivity (Wildman–Crippen MR) is 94.3 cm³/mol. The summed E-state index contributed by atoms with van der Waals surface area (Å²) in [7, 11) is 1.55. The van der Waals surface area contributed by atoms with E-state index in [-0.39, 0.29) is 18.8 Å². The van der Waals surface area contributed by atoms with Gasteiger partial charge in [-0.15, -0.1) is 0 Å². The van der Waals surface area contributed by atoms with E-state index in [0.717, 1.165) is 5.56 Å². The second kappa shape index (κ2) is 8.07. The van der Waals surface area contributed by atoms with E-state index in [2.05, 4.69) is 10.1 Å². The SMILES string of the molecule is COCc1nn2c(=O)cc(COC(=O)COc3cccc(C)c3)nc2s1. The summed E-state index contributed by atoms with van der Waals surface area (Å²) in [5.74, 6) is 0.0490. The Balaban J connectivity index is 1.60. The first-order valence-corrected chi connectivity index (χ1v) is 8.59. The van der Waals surface area contributed by atoms with Crippen LogP contribution in [0.4, 0.5) is 0 Å². The van der Waals surface area contributed by atoms with E-state index in [1.807, 2.05) is 25.1 Å². The molecule has 0 unspecified atom stereocenters. The molecule has 2 heterocycles. The Morgan fingerprint density at radius 3 is 2.88 bits per heavy atom. The zero-order valence-electron chi connectivity index (χ0n) is 14.3. The number of ether oxygens (including phenoxy) is 3. The molecule has 0 atom stereocenters. The van der Waals surface area contributed by atoms with Gasteiger partial charge in [-0.2, -0.15) is 9.61 Å². The van der Waals surface area contributed by atoms with Crippen LogP contribution in [0, 0.1) is 6.92 Å². The molecule has 0 aliphatic carbocycles. The van der Waals surface area contributed by atoms with E-state index < -0.39 is 5.97 Å².